The van der Waals surface area contributed by atoms with E-state index in [9.17, 15) is 5.26 Å². The Hall–Kier alpha value is -3.70. The lowest BCUT2D eigenvalue weighted by atomic mass is 10.00. The van der Waals surface area contributed by atoms with Crippen molar-refractivity contribution in [3.8, 4) is 23.3 Å². The number of hydrogen-bond acceptors (Lipinski definition) is 9. The van der Waals surface area contributed by atoms with E-state index in [0.717, 1.165) is 73.3 Å². The minimum atomic E-state index is 0.309. The van der Waals surface area contributed by atoms with Gasteiger partial charge in [-0.1, -0.05) is 6.07 Å². The van der Waals surface area contributed by atoms with Crippen molar-refractivity contribution in [2.24, 2.45) is 0 Å². The smallest absolute Gasteiger partial charge is 0.144 e. The van der Waals surface area contributed by atoms with Gasteiger partial charge >= 0.3 is 0 Å². The maximum absolute atomic E-state index is 9.46. The van der Waals surface area contributed by atoms with Gasteiger partial charge in [0.1, 0.15) is 23.8 Å². The first-order chi connectivity index (χ1) is 19.0. The molecular weight excluding hydrogens is 558 g/mol. The summed E-state index contributed by atoms with van der Waals surface area (Å²) >= 11 is 3.30. The molecule has 2 aromatic heterocycles. The van der Waals surface area contributed by atoms with Gasteiger partial charge in [-0.3, -0.25) is 0 Å². The number of pyridine rings is 2. The van der Waals surface area contributed by atoms with E-state index in [0.29, 0.717) is 40.5 Å². The van der Waals surface area contributed by atoms with Crippen LogP contribution in [0.4, 0.5) is 17.3 Å². The third-order valence-corrected chi connectivity index (χ3v) is 7.11. The van der Waals surface area contributed by atoms with Crippen LogP contribution in [0, 0.1) is 29.6 Å². The lowest BCUT2D eigenvalue weighted by molar-refractivity contribution is 0.0902. The van der Waals surface area contributed by atoms with Gasteiger partial charge in [0.2, 0.25) is 0 Å². The molecule has 0 atom stereocenters. The second-order valence-electron chi connectivity index (χ2n) is 9.53. The first kappa shape index (κ1) is 28.3. The van der Waals surface area contributed by atoms with Gasteiger partial charge in [0.05, 0.1) is 11.1 Å². The number of halogens is 1. The second-order valence-corrected chi connectivity index (χ2v) is 10.4. The van der Waals surface area contributed by atoms with Crippen LogP contribution < -0.4 is 16.4 Å². The number of ether oxygens (including phenoxy) is 2. The fourth-order valence-corrected chi connectivity index (χ4v) is 4.80. The SMILES string of the molecule is Cc1ccc(N)cc1-c1cnc(NC2CCOCC2)c(C#N)c1.N#Cc1cc(Br)cnc1NC1CCOCC1. The monoisotopic (exact) mass is 589 g/mol. The summed E-state index contributed by atoms with van der Waals surface area (Å²) in [5, 5.41) is 25.1. The summed E-state index contributed by atoms with van der Waals surface area (Å²) in [6.45, 7) is 5.07. The van der Waals surface area contributed by atoms with Crippen LogP contribution in [-0.4, -0.2) is 48.5 Å². The van der Waals surface area contributed by atoms with Crippen LogP contribution in [0.3, 0.4) is 0 Å². The summed E-state index contributed by atoms with van der Waals surface area (Å²) in [7, 11) is 0. The molecule has 202 valence electrons. The highest BCUT2D eigenvalue weighted by Gasteiger charge is 2.17. The predicted molar refractivity (Wildman–Crippen MR) is 155 cm³/mol. The molecule has 0 radical (unpaired) electrons. The predicted octanol–water partition coefficient (Wildman–Crippen LogP) is 5.41. The molecule has 2 saturated heterocycles. The van der Waals surface area contributed by atoms with Crippen LogP contribution >= 0.6 is 15.9 Å². The Kier molecular flexibility index (Phi) is 10.1. The normalized spacial score (nSPS) is 15.8. The lowest BCUT2D eigenvalue weighted by Crippen LogP contribution is -2.28. The topological polar surface area (TPSA) is 142 Å². The van der Waals surface area contributed by atoms with E-state index >= 15 is 0 Å². The molecule has 5 rings (SSSR count). The van der Waals surface area contributed by atoms with E-state index in [1.54, 1.807) is 18.5 Å². The van der Waals surface area contributed by atoms with Crippen molar-refractivity contribution < 1.29 is 9.47 Å². The Morgan fingerprint density at radius 3 is 1.95 bits per heavy atom. The second kappa shape index (κ2) is 13.9. The van der Waals surface area contributed by atoms with Crippen molar-refractivity contribution in [3.05, 3.63) is 63.9 Å². The number of hydrogen-bond donors (Lipinski definition) is 3. The van der Waals surface area contributed by atoms with Crippen molar-refractivity contribution in [3.63, 3.8) is 0 Å². The van der Waals surface area contributed by atoms with Gasteiger partial charge in [-0.05, 0) is 83.9 Å². The van der Waals surface area contributed by atoms with Crippen molar-refractivity contribution in [2.75, 3.05) is 42.8 Å². The van der Waals surface area contributed by atoms with Gasteiger partial charge in [0.25, 0.3) is 0 Å². The molecule has 4 heterocycles. The maximum Gasteiger partial charge on any atom is 0.144 e. The van der Waals surface area contributed by atoms with Gasteiger partial charge in [0.15, 0.2) is 0 Å². The number of nitrogens with one attached hydrogen (secondary N) is 2. The number of anilines is 3. The summed E-state index contributed by atoms with van der Waals surface area (Å²) in [6, 6.07) is 14.5. The first-order valence-electron chi connectivity index (χ1n) is 13.0. The number of aromatic nitrogens is 2. The van der Waals surface area contributed by atoms with Crippen LogP contribution in [0.2, 0.25) is 0 Å². The van der Waals surface area contributed by atoms with E-state index in [-0.39, 0.29) is 0 Å². The Bertz CT molecular complexity index is 1360. The molecule has 0 unspecified atom stereocenters. The number of nitrogen functional groups attached to an aromatic ring is 1. The number of aryl methyl sites for hydroxylation is 1. The zero-order valence-corrected chi connectivity index (χ0v) is 23.5. The molecule has 0 spiro atoms. The molecule has 2 aliphatic rings. The number of nitrogens with two attached hydrogens (primary N) is 1. The number of nitriles is 2. The quantitative estimate of drug-likeness (QED) is 0.333. The summed E-state index contributed by atoms with van der Waals surface area (Å²) in [5.74, 6) is 1.31. The van der Waals surface area contributed by atoms with Crippen LogP contribution in [-0.2, 0) is 9.47 Å². The van der Waals surface area contributed by atoms with E-state index in [1.165, 1.54) is 0 Å². The standard InChI is InChI=1S/C18H20N4O.C11H12BrN3O/c1-12-2-3-15(20)9-17(12)14-8-13(10-19)18(21-11-14)22-16-4-6-23-7-5-16;12-9-5-8(6-13)11(14-7-9)15-10-1-3-16-4-2-10/h2-3,8-9,11,16H,4-7,20H2,1H3,(H,21,22);5,7,10H,1-4H2,(H,14,15). The van der Waals surface area contributed by atoms with Crippen molar-refractivity contribution >= 4 is 33.3 Å². The zero-order valence-electron chi connectivity index (χ0n) is 21.9. The zero-order chi connectivity index (χ0) is 27.6. The number of rotatable bonds is 5. The third-order valence-electron chi connectivity index (χ3n) is 6.68. The Balaban J connectivity index is 0.000000193. The third kappa shape index (κ3) is 7.90. The molecule has 10 heteroatoms. The average molecular weight is 591 g/mol. The van der Waals surface area contributed by atoms with Crippen LogP contribution in [0.25, 0.3) is 11.1 Å². The fraction of sp³-hybridized carbons (Fsp3) is 0.379. The van der Waals surface area contributed by atoms with Gasteiger partial charge < -0.3 is 25.8 Å². The molecule has 1 aromatic carbocycles. The molecule has 0 aliphatic carbocycles. The van der Waals surface area contributed by atoms with E-state index in [1.807, 2.05) is 31.2 Å². The van der Waals surface area contributed by atoms with Crippen molar-refractivity contribution in [1.29, 1.82) is 10.5 Å². The van der Waals surface area contributed by atoms with Crippen LogP contribution in [0.5, 0.6) is 0 Å². The maximum atomic E-state index is 9.46. The minimum Gasteiger partial charge on any atom is -0.399 e. The number of benzene rings is 1. The number of nitrogens with zero attached hydrogens (tertiary/aromatic N) is 4. The van der Waals surface area contributed by atoms with E-state index < -0.39 is 0 Å². The molecule has 2 fully saturated rings. The first-order valence-corrected chi connectivity index (χ1v) is 13.8. The van der Waals surface area contributed by atoms with Crippen molar-refractivity contribution in [2.45, 2.75) is 44.7 Å². The molecule has 3 aromatic rings. The van der Waals surface area contributed by atoms with Gasteiger partial charge in [-0.15, -0.1) is 0 Å². The largest absolute Gasteiger partial charge is 0.399 e. The fourth-order valence-electron chi connectivity index (χ4n) is 4.47. The van der Waals surface area contributed by atoms with E-state index in [4.69, 9.17) is 20.5 Å². The molecule has 0 bridgehead atoms. The highest BCUT2D eigenvalue weighted by atomic mass is 79.9. The molecule has 39 heavy (non-hydrogen) atoms. The summed E-state index contributed by atoms with van der Waals surface area (Å²) in [6.07, 6.45) is 7.28. The average Bonchev–Trinajstić information content (AvgIpc) is 2.97. The molecule has 0 amide bonds. The van der Waals surface area contributed by atoms with Gasteiger partial charge in [0, 0.05) is 66.6 Å². The summed E-state index contributed by atoms with van der Waals surface area (Å²) < 4.78 is 11.5. The Morgan fingerprint density at radius 2 is 1.38 bits per heavy atom. The van der Waals surface area contributed by atoms with E-state index in [2.05, 4.69) is 48.7 Å². The lowest BCUT2D eigenvalue weighted by Gasteiger charge is -2.24. The van der Waals surface area contributed by atoms with Gasteiger partial charge in [-0.25, -0.2) is 9.97 Å². The van der Waals surface area contributed by atoms with Crippen molar-refractivity contribution in [1.82, 2.24) is 9.97 Å². The van der Waals surface area contributed by atoms with Crippen LogP contribution in [0.15, 0.2) is 47.2 Å². The molecule has 0 saturated carbocycles. The summed E-state index contributed by atoms with van der Waals surface area (Å²) in [4.78, 5) is 8.70. The minimum absolute atomic E-state index is 0.309. The summed E-state index contributed by atoms with van der Waals surface area (Å²) in [5.41, 5.74) is 10.7. The Morgan fingerprint density at radius 1 is 0.846 bits per heavy atom. The van der Waals surface area contributed by atoms with Gasteiger partial charge in [-0.2, -0.15) is 10.5 Å². The Labute approximate surface area is 237 Å². The highest BCUT2D eigenvalue weighted by molar-refractivity contribution is 9.10. The molecular formula is C29H32BrN7O2. The van der Waals surface area contributed by atoms with Crippen LogP contribution in [0.1, 0.15) is 42.4 Å². The molecule has 4 N–H and O–H groups in total. The molecule has 9 nitrogen and oxygen atoms in total. The molecule has 2 aliphatic heterocycles. The highest BCUT2D eigenvalue weighted by Crippen LogP contribution is 2.28.